The lowest BCUT2D eigenvalue weighted by Gasteiger charge is -2.13. The lowest BCUT2D eigenvalue weighted by molar-refractivity contribution is -0.121. The van der Waals surface area contributed by atoms with Crippen molar-refractivity contribution in [2.75, 3.05) is 5.32 Å². The lowest BCUT2D eigenvalue weighted by atomic mass is 10.0. The maximum absolute atomic E-state index is 12.2. The molecule has 0 unspecified atom stereocenters. The average molecular weight is 347 g/mol. The maximum Gasteiger partial charge on any atom is 0.262 e. The van der Waals surface area contributed by atoms with Gasteiger partial charge in [-0.25, -0.2) is 5.43 Å². The van der Waals surface area contributed by atoms with Gasteiger partial charge in [-0.2, -0.15) is 5.10 Å². The first kappa shape index (κ1) is 17.5. The standard InChI is InChI=1S/C21H21N3O2/c1-14-7-10-17(11-8-14)23-15(2)21(26)24-22-13-19-18-6-4-3-5-16(18)9-12-20(19)25/h3-13,15,23,25H,1-2H3,(H,24,26)/b22-13-/t15-/m0/s1. The molecule has 3 aromatic rings. The molecule has 1 atom stereocenters. The molecule has 1 amide bonds. The summed E-state index contributed by atoms with van der Waals surface area (Å²) in [6.07, 6.45) is 1.47. The summed E-state index contributed by atoms with van der Waals surface area (Å²) >= 11 is 0. The van der Waals surface area contributed by atoms with E-state index < -0.39 is 6.04 Å². The van der Waals surface area contributed by atoms with Crippen molar-refractivity contribution >= 4 is 28.6 Å². The molecule has 0 spiro atoms. The third-order valence-electron chi connectivity index (χ3n) is 4.14. The van der Waals surface area contributed by atoms with E-state index in [0.29, 0.717) is 5.56 Å². The van der Waals surface area contributed by atoms with Gasteiger partial charge in [0.2, 0.25) is 0 Å². The number of phenols is 1. The van der Waals surface area contributed by atoms with Crippen molar-refractivity contribution in [2.45, 2.75) is 19.9 Å². The molecule has 26 heavy (non-hydrogen) atoms. The fraction of sp³-hybridized carbons (Fsp3) is 0.143. The predicted molar refractivity (Wildman–Crippen MR) is 106 cm³/mol. The summed E-state index contributed by atoms with van der Waals surface area (Å²) in [5, 5.41) is 19.1. The van der Waals surface area contributed by atoms with Gasteiger partial charge in [-0.05, 0) is 42.8 Å². The monoisotopic (exact) mass is 347 g/mol. The van der Waals surface area contributed by atoms with Gasteiger partial charge in [0.1, 0.15) is 11.8 Å². The average Bonchev–Trinajstić information content (AvgIpc) is 2.65. The van der Waals surface area contributed by atoms with Crippen molar-refractivity contribution in [2.24, 2.45) is 5.10 Å². The summed E-state index contributed by atoms with van der Waals surface area (Å²) in [6, 6.07) is 18.5. The number of carbonyl (C=O) groups excluding carboxylic acids is 1. The summed E-state index contributed by atoms with van der Waals surface area (Å²) in [5.74, 6) is -0.144. The molecule has 0 fully saturated rings. The van der Waals surface area contributed by atoms with E-state index in [1.54, 1.807) is 13.0 Å². The first-order valence-corrected chi connectivity index (χ1v) is 8.41. The van der Waals surface area contributed by atoms with Crippen molar-refractivity contribution in [3.05, 3.63) is 71.8 Å². The number of hydrogen-bond donors (Lipinski definition) is 3. The summed E-state index contributed by atoms with van der Waals surface area (Å²) in [7, 11) is 0. The Hall–Kier alpha value is -3.34. The number of rotatable bonds is 5. The first-order chi connectivity index (χ1) is 12.5. The first-order valence-electron chi connectivity index (χ1n) is 8.41. The van der Waals surface area contributed by atoms with Crippen LogP contribution in [-0.2, 0) is 4.79 Å². The predicted octanol–water partition coefficient (Wildman–Crippen LogP) is 3.80. The van der Waals surface area contributed by atoms with E-state index in [4.69, 9.17) is 0 Å². The number of benzene rings is 3. The molecule has 0 aliphatic heterocycles. The van der Waals surface area contributed by atoms with Crippen LogP contribution in [0, 0.1) is 6.92 Å². The largest absolute Gasteiger partial charge is 0.507 e. The quantitative estimate of drug-likeness (QED) is 0.485. The molecule has 132 valence electrons. The van der Waals surface area contributed by atoms with Crippen LogP contribution in [0.25, 0.3) is 10.8 Å². The van der Waals surface area contributed by atoms with E-state index in [1.165, 1.54) is 6.21 Å². The molecule has 5 heteroatoms. The zero-order valence-corrected chi connectivity index (χ0v) is 14.7. The Morgan fingerprint density at radius 3 is 2.58 bits per heavy atom. The van der Waals surface area contributed by atoms with Gasteiger partial charge in [-0.3, -0.25) is 4.79 Å². The number of aromatic hydroxyl groups is 1. The number of phenolic OH excluding ortho intramolecular Hbond substituents is 1. The zero-order valence-electron chi connectivity index (χ0n) is 14.7. The topological polar surface area (TPSA) is 73.7 Å². The van der Waals surface area contributed by atoms with E-state index in [2.05, 4.69) is 15.8 Å². The van der Waals surface area contributed by atoms with Crippen molar-refractivity contribution < 1.29 is 9.90 Å². The highest BCUT2D eigenvalue weighted by Crippen LogP contribution is 2.25. The summed E-state index contributed by atoms with van der Waals surface area (Å²) in [5.41, 5.74) is 5.11. The smallest absolute Gasteiger partial charge is 0.262 e. The zero-order chi connectivity index (χ0) is 18.5. The molecule has 3 N–H and O–H groups in total. The second kappa shape index (κ2) is 7.70. The number of hydrazone groups is 1. The van der Waals surface area contributed by atoms with E-state index in [0.717, 1.165) is 22.0 Å². The molecule has 0 aliphatic carbocycles. The van der Waals surface area contributed by atoms with E-state index in [9.17, 15) is 9.90 Å². The molecule has 0 radical (unpaired) electrons. The number of anilines is 1. The second-order valence-electron chi connectivity index (χ2n) is 6.19. The number of carbonyl (C=O) groups is 1. The third kappa shape index (κ3) is 4.00. The summed E-state index contributed by atoms with van der Waals surface area (Å²) in [4.78, 5) is 12.2. The Morgan fingerprint density at radius 2 is 1.81 bits per heavy atom. The number of nitrogens with one attached hydrogen (secondary N) is 2. The number of hydrogen-bond acceptors (Lipinski definition) is 4. The highest BCUT2D eigenvalue weighted by Gasteiger charge is 2.11. The van der Waals surface area contributed by atoms with Crippen LogP contribution in [0.5, 0.6) is 5.75 Å². The van der Waals surface area contributed by atoms with Crippen molar-refractivity contribution in [3.8, 4) is 5.75 Å². The van der Waals surface area contributed by atoms with Crippen LogP contribution in [0.2, 0.25) is 0 Å². The molecular weight excluding hydrogens is 326 g/mol. The van der Waals surface area contributed by atoms with Crippen LogP contribution in [0.15, 0.2) is 65.8 Å². The van der Waals surface area contributed by atoms with Gasteiger partial charge in [0.15, 0.2) is 0 Å². The van der Waals surface area contributed by atoms with Gasteiger partial charge in [0.25, 0.3) is 5.91 Å². The molecule has 0 saturated carbocycles. The van der Waals surface area contributed by atoms with Gasteiger partial charge in [0, 0.05) is 11.3 Å². The molecule has 0 saturated heterocycles. The molecule has 0 bridgehead atoms. The van der Waals surface area contributed by atoms with E-state index in [-0.39, 0.29) is 11.7 Å². The minimum atomic E-state index is -0.448. The number of nitrogens with zero attached hydrogens (tertiary/aromatic N) is 1. The lowest BCUT2D eigenvalue weighted by Crippen LogP contribution is -2.34. The van der Waals surface area contributed by atoms with Crippen LogP contribution >= 0.6 is 0 Å². The molecule has 0 heterocycles. The Balaban J connectivity index is 1.67. The Kier molecular flexibility index (Phi) is 5.17. The third-order valence-corrected chi connectivity index (χ3v) is 4.14. The minimum absolute atomic E-state index is 0.118. The SMILES string of the molecule is Cc1ccc(N[C@@H](C)C(=O)N/N=C\c2c(O)ccc3ccccc23)cc1. The molecule has 5 nitrogen and oxygen atoms in total. The van der Waals surface area contributed by atoms with Crippen molar-refractivity contribution in [3.63, 3.8) is 0 Å². The number of amides is 1. The Morgan fingerprint density at radius 1 is 1.08 bits per heavy atom. The van der Waals surface area contributed by atoms with Crippen molar-refractivity contribution in [1.29, 1.82) is 0 Å². The molecule has 0 aliphatic rings. The molecule has 3 aromatic carbocycles. The van der Waals surface area contributed by atoms with E-state index in [1.807, 2.05) is 61.5 Å². The van der Waals surface area contributed by atoms with E-state index >= 15 is 0 Å². The van der Waals surface area contributed by atoms with Gasteiger partial charge in [-0.1, -0.05) is 48.0 Å². The van der Waals surface area contributed by atoms with Gasteiger partial charge in [0.05, 0.1) is 6.21 Å². The second-order valence-corrected chi connectivity index (χ2v) is 6.19. The van der Waals surface area contributed by atoms with Gasteiger partial charge in [-0.15, -0.1) is 0 Å². The van der Waals surface area contributed by atoms with Crippen LogP contribution in [0.4, 0.5) is 5.69 Å². The van der Waals surface area contributed by atoms with Crippen LogP contribution in [0.3, 0.4) is 0 Å². The van der Waals surface area contributed by atoms with Gasteiger partial charge < -0.3 is 10.4 Å². The maximum atomic E-state index is 12.2. The van der Waals surface area contributed by atoms with Crippen LogP contribution < -0.4 is 10.7 Å². The fourth-order valence-corrected chi connectivity index (χ4v) is 2.64. The fourth-order valence-electron chi connectivity index (χ4n) is 2.64. The molecular formula is C21H21N3O2. The number of aryl methyl sites for hydroxylation is 1. The summed E-state index contributed by atoms with van der Waals surface area (Å²) < 4.78 is 0. The highest BCUT2D eigenvalue weighted by atomic mass is 16.3. The van der Waals surface area contributed by atoms with Crippen LogP contribution in [0.1, 0.15) is 18.1 Å². The van der Waals surface area contributed by atoms with Crippen LogP contribution in [-0.4, -0.2) is 23.3 Å². The minimum Gasteiger partial charge on any atom is -0.507 e. The van der Waals surface area contributed by atoms with Crippen molar-refractivity contribution in [1.82, 2.24) is 5.43 Å². The summed E-state index contributed by atoms with van der Waals surface area (Å²) in [6.45, 7) is 3.78. The normalized spacial score (nSPS) is 12.2. The highest BCUT2D eigenvalue weighted by molar-refractivity contribution is 6.02. The molecule has 3 rings (SSSR count). The Bertz CT molecular complexity index is 949. The van der Waals surface area contributed by atoms with Gasteiger partial charge >= 0.3 is 0 Å². The number of fused-ring (bicyclic) bond motifs is 1. The molecule has 0 aromatic heterocycles. The Labute approximate surface area is 152 Å².